The maximum absolute atomic E-state index is 13.3. The molecule has 0 bridgehead atoms. The van der Waals surface area contributed by atoms with Gasteiger partial charge in [-0.05, 0) is 17.7 Å². The van der Waals surface area contributed by atoms with E-state index in [1.165, 1.54) is 0 Å². The molecule has 0 saturated carbocycles. The number of ether oxygens (including phenoxy) is 1. The molecule has 0 aromatic heterocycles. The van der Waals surface area contributed by atoms with E-state index in [4.69, 9.17) is 14.9 Å². The molecule has 6 heteroatoms. The lowest BCUT2D eigenvalue weighted by atomic mass is 10.1. The monoisotopic (exact) mass is 290 g/mol. The molecule has 0 amide bonds. The second-order valence-electron chi connectivity index (χ2n) is 4.21. The quantitative estimate of drug-likeness (QED) is 0.884. The van der Waals surface area contributed by atoms with Gasteiger partial charge in [-0.3, -0.25) is 0 Å². The Morgan fingerprint density at radius 3 is 2.00 bits per heavy atom. The molecular formula is C15H11FO5. The van der Waals surface area contributed by atoms with Crippen LogP contribution in [0.25, 0.3) is 0 Å². The molecule has 21 heavy (non-hydrogen) atoms. The Morgan fingerprint density at radius 2 is 1.52 bits per heavy atom. The highest BCUT2D eigenvalue weighted by Gasteiger charge is 2.22. The molecule has 0 heterocycles. The van der Waals surface area contributed by atoms with E-state index in [0.29, 0.717) is 0 Å². The highest BCUT2D eigenvalue weighted by atomic mass is 19.1. The molecule has 0 aliphatic heterocycles. The fourth-order valence-corrected chi connectivity index (χ4v) is 1.80. The molecule has 2 aromatic carbocycles. The van der Waals surface area contributed by atoms with Gasteiger partial charge >= 0.3 is 11.9 Å². The van der Waals surface area contributed by atoms with Crippen LogP contribution in [0.4, 0.5) is 4.39 Å². The first kappa shape index (κ1) is 14.5. The molecule has 2 aromatic rings. The zero-order valence-corrected chi connectivity index (χ0v) is 10.7. The third-order valence-corrected chi connectivity index (χ3v) is 2.74. The third-order valence-electron chi connectivity index (χ3n) is 2.74. The van der Waals surface area contributed by atoms with Crippen LogP contribution in [0.5, 0.6) is 5.75 Å². The van der Waals surface area contributed by atoms with Crippen LogP contribution in [-0.4, -0.2) is 22.2 Å². The lowest BCUT2D eigenvalue weighted by Gasteiger charge is -2.12. The molecule has 5 nitrogen and oxygen atoms in total. The highest BCUT2D eigenvalue weighted by molar-refractivity contribution is 5.98. The number of aromatic carboxylic acids is 2. The van der Waals surface area contributed by atoms with Gasteiger partial charge in [-0.2, -0.15) is 0 Å². The molecule has 2 N–H and O–H groups in total. The van der Waals surface area contributed by atoms with Crippen molar-refractivity contribution >= 4 is 11.9 Å². The first-order valence-corrected chi connectivity index (χ1v) is 5.96. The summed E-state index contributed by atoms with van der Waals surface area (Å²) in [6.45, 7) is -0.0208. The molecule has 0 radical (unpaired) electrons. The van der Waals surface area contributed by atoms with Crippen molar-refractivity contribution in [2.24, 2.45) is 0 Å². The van der Waals surface area contributed by atoms with Crippen LogP contribution >= 0.6 is 0 Å². The normalized spacial score (nSPS) is 10.1. The molecule has 0 aliphatic rings. The van der Waals surface area contributed by atoms with E-state index in [9.17, 15) is 14.0 Å². The van der Waals surface area contributed by atoms with Gasteiger partial charge in [-0.15, -0.1) is 0 Å². The lowest BCUT2D eigenvalue weighted by molar-refractivity contribution is 0.0686. The zero-order chi connectivity index (χ0) is 15.4. The van der Waals surface area contributed by atoms with Gasteiger partial charge in [0.1, 0.15) is 29.3 Å². The maximum atomic E-state index is 13.3. The fourth-order valence-electron chi connectivity index (χ4n) is 1.80. The molecule has 0 aliphatic carbocycles. The number of carboxylic acids is 2. The summed E-state index contributed by atoms with van der Waals surface area (Å²) in [4.78, 5) is 22.2. The zero-order valence-electron chi connectivity index (χ0n) is 10.7. The first-order chi connectivity index (χ1) is 9.99. The second kappa shape index (κ2) is 6.04. The predicted octanol–water partition coefficient (Wildman–Crippen LogP) is 2.80. The Hall–Kier alpha value is -2.89. The molecule has 0 spiro atoms. The third kappa shape index (κ3) is 3.36. The molecule has 2 rings (SSSR count). The summed E-state index contributed by atoms with van der Waals surface area (Å²) < 4.78 is 18.6. The van der Waals surface area contributed by atoms with Gasteiger partial charge in [-0.25, -0.2) is 14.0 Å². The number of carbonyl (C=O) groups is 2. The number of hydrogen-bond acceptors (Lipinski definition) is 3. The summed E-state index contributed by atoms with van der Waals surface area (Å²) in [5.41, 5.74) is -0.318. The number of rotatable bonds is 5. The van der Waals surface area contributed by atoms with E-state index in [0.717, 1.165) is 17.7 Å². The van der Waals surface area contributed by atoms with Crippen molar-refractivity contribution in [2.75, 3.05) is 0 Å². The number of halogens is 1. The van der Waals surface area contributed by atoms with Gasteiger partial charge in [0.25, 0.3) is 0 Å². The molecule has 0 atom stereocenters. The summed E-state index contributed by atoms with van der Waals surface area (Å²) in [7, 11) is 0. The van der Waals surface area contributed by atoms with E-state index in [2.05, 4.69) is 0 Å². The van der Waals surface area contributed by atoms with Crippen LogP contribution in [0, 0.1) is 5.82 Å². The molecule has 108 valence electrons. The standard InChI is InChI=1S/C15H11FO5/c16-10-6-11(14(17)18)13(12(7-10)15(19)20)21-8-9-4-2-1-3-5-9/h1-7H,8H2,(H,17,18)(H,19,20). The largest absolute Gasteiger partial charge is 0.487 e. The second-order valence-corrected chi connectivity index (χ2v) is 4.21. The van der Waals surface area contributed by atoms with Crippen molar-refractivity contribution in [1.82, 2.24) is 0 Å². The van der Waals surface area contributed by atoms with E-state index < -0.39 is 28.9 Å². The summed E-state index contributed by atoms with van der Waals surface area (Å²) in [6, 6.07) is 10.3. The van der Waals surface area contributed by atoms with E-state index in [1.54, 1.807) is 30.3 Å². The molecular weight excluding hydrogens is 279 g/mol. The van der Waals surface area contributed by atoms with Gasteiger partial charge in [-0.1, -0.05) is 30.3 Å². The molecule has 0 unspecified atom stereocenters. The smallest absolute Gasteiger partial charge is 0.339 e. The number of hydrogen-bond donors (Lipinski definition) is 2. The van der Waals surface area contributed by atoms with E-state index in [-0.39, 0.29) is 12.4 Å². The van der Waals surface area contributed by atoms with Crippen LogP contribution in [-0.2, 0) is 6.61 Å². The summed E-state index contributed by atoms with van der Waals surface area (Å²) in [6.07, 6.45) is 0. The van der Waals surface area contributed by atoms with Crippen molar-refractivity contribution in [3.05, 3.63) is 65.0 Å². The van der Waals surface area contributed by atoms with Crippen molar-refractivity contribution in [2.45, 2.75) is 6.61 Å². The van der Waals surface area contributed by atoms with Crippen LogP contribution in [0.3, 0.4) is 0 Å². The fraction of sp³-hybridized carbons (Fsp3) is 0.0667. The van der Waals surface area contributed by atoms with Crippen molar-refractivity contribution in [1.29, 1.82) is 0 Å². The minimum atomic E-state index is -1.46. The Balaban J connectivity index is 2.40. The highest BCUT2D eigenvalue weighted by Crippen LogP contribution is 2.27. The number of benzene rings is 2. The van der Waals surface area contributed by atoms with Gasteiger partial charge in [0.05, 0.1) is 0 Å². The average molecular weight is 290 g/mol. The number of carboxylic acid groups (broad SMARTS) is 2. The van der Waals surface area contributed by atoms with Crippen LogP contribution in [0.1, 0.15) is 26.3 Å². The molecule has 0 fully saturated rings. The van der Waals surface area contributed by atoms with Gasteiger partial charge in [0, 0.05) is 0 Å². The van der Waals surface area contributed by atoms with Gasteiger partial charge in [0.2, 0.25) is 0 Å². The van der Waals surface area contributed by atoms with Crippen LogP contribution in [0.15, 0.2) is 42.5 Å². The SMILES string of the molecule is O=C(O)c1cc(F)cc(C(=O)O)c1OCc1ccccc1. The summed E-state index contributed by atoms with van der Waals surface area (Å²) >= 11 is 0. The predicted molar refractivity (Wildman–Crippen MR) is 71.1 cm³/mol. The maximum Gasteiger partial charge on any atom is 0.339 e. The summed E-state index contributed by atoms with van der Waals surface area (Å²) in [5, 5.41) is 18.1. The Bertz CT molecular complexity index is 647. The van der Waals surface area contributed by atoms with Crippen molar-refractivity contribution in [3.63, 3.8) is 0 Å². The average Bonchev–Trinajstić information content (AvgIpc) is 2.46. The minimum Gasteiger partial charge on any atom is -0.487 e. The van der Waals surface area contributed by atoms with Crippen LogP contribution < -0.4 is 4.74 Å². The van der Waals surface area contributed by atoms with Gasteiger partial charge < -0.3 is 14.9 Å². The van der Waals surface area contributed by atoms with E-state index in [1.807, 2.05) is 0 Å². The van der Waals surface area contributed by atoms with Crippen LogP contribution in [0.2, 0.25) is 0 Å². The Kier molecular flexibility index (Phi) is 4.18. The summed E-state index contributed by atoms with van der Waals surface area (Å²) in [5.74, 6) is -4.22. The Labute approximate surface area is 119 Å². The van der Waals surface area contributed by atoms with Gasteiger partial charge in [0.15, 0.2) is 0 Å². The lowest BCUT2D eigenvalue weighted by Crippen LogP contribution is -2.10. The molecule has 0 saturated heterocycles. The topological polar surface area (TPSA) is 83.8 Å². The van der Waals surface area contributed by atoms with Crippen molar-refractivity contribution in [3.8, 4) is 5.75 Å². The van der Waals surface area contributed by atoms with E-state index >= 15 is 0 Å². The first-order valence-electron chi connectivity index (χ1n) is 5.96. The van der Waals surface area contributed by atoms with Crippen molar-refractivity contribution < 1.29 is 28.9 Å². The minimum absolute atomic E-state index is 0.0208. The Morgan fingerprint density at radius 1 is 1.00 bits per heavy atom.